The van der Waals surface area contributed by atoms with Crippen LogP contribution in [0.25, 0.3) is 0 Å². The number of benzene rings is 3. The minimum absolute atomic E-state index is 0.0420. The summed E-state index contributed by atoms with van der Waals surface area (Å²) in [6.45, 7) is 0.670. The molecule has 0 saturated heterocycles. The standard InChI is InChI=1S/C24H20BrClN2O2/c25-19-7-3-16(4-8-19)14-23(29)27-21-11-12-22-18(15-21)2-1-13-28(22)24(30)17-5-9-20(26)10-6-17/h3-12,15H,1-2,13-14H2,(H,27,29). The highest BCUT2D eigenvalue weighted by Crippen LogP contribution is 2.31. The molecule has 0 radical (unpaired) electrons. The van der Waals surface area contributed by atoms with E-state index in [-0.39, 0.29) is 11.8 Å². The van der Waals surface area contributed by atoms with E-state index in [1.54, 1.807) is 29.2 Å². The first-order valence-corrected chi connectivity index (χ1v) is 10.9. The van der Waals surface area contributed by atoms with Gasteiger partial charge in [-0.05, 0) is 78.6 Å². The molecule has 1 aliphatic rings. The molecule has 0 saturated carbocycles. The number of carbonyl (C=O) groups excluding carboxylic acids is 2. The second-order valence-corrected chi connectivity index (χ2v) is 8.61. The fourth-order valence-electron chi connectivity index (χ4n) is 3.63. The van der Waals surface area contributed by atoms with E-state index in [2.05, 4.69) is 21.2 Å². The Morgan fingerprint density at radius 2 is 1.73 bits per heavy atom. The van der Waals surface area contributed by atoms with Crippen LogP contribution < -0.4 is 10.2 Å². The SMILES string of the molecule is O=C(Cc1ccc(Br)cc1)Nc1ccc2c(c1)CCCN2C(=O)c1ccc(Cl)cc1. The molecule has 1 aliphatic heterocycles. The van der Waals surface area contributed by atoms with E-state index in [1.165, 1.54) is 0 Å². The predicted molar refractivity (Wildman–Crippen MR) is 124 cm³/mol. The summed E-state index contributed by atoms with van der Waals surface area (Å²) < 4.78 is 0.985. The highest BCUT2D eigenvalue weighted by Gasteiger charge is 2.24. The van der Waals surface area contributed by atoms with E-state index >= 15 is 0 Å². The molecule has 0 spiro atoms. The van der Waals surface area contributed by atoms with Gasteiger partial charge in [-0.2, -0.15) is 0 Å². The Bertz CT molecular complexity index is 1080. The topological polar surface area (TPSA) is 49.4 Å². The number of nitrogens with one attached hydrogen (secondary N) is 1. The van der Waals surface area contributed by atoms with E-state index in [0.29, 0.717) is 23.6 Å². The average Bonchev–Trinajstić information content (AvgIpc) is 2.75. The number of nitrogens with zero attached hydrogens (tertiary/aromatic N) is 1. The Morgan fingerprint density at radius 1 is 1.00 bits per heavy atom. The molecule has 0 fully saturated rings. The van der Waals surface area contributed by atoms with E-state index in [0.717, 1.165) is 39.8 Å². The number of fused-ring (bicyclic) bond motifs is 1. The van der Waals surface area contributed by atoms with Crippen molar-refractivity contribution < 1.29 is 9.59 Å². The van der Waals surface area contributed by atoms with Gasteiger partial charge in [0.1, 0.15) is 0 Å². The zero-order valence-corrected chi connectivity index (χ0v) is 18.5. The highest BCUT2D eigenvalue weighted by atomic mass is 79.9. The third-order valence-electron chi connectivity index (χ3n) is 5.10. The summed E-state index contributed by atoms with van der Waals surface area (Å²) >= 11 is 9.34. The van der Waals surface area contributed by atoms with Crippen molar-refractivity contribution in [3.8, 4) is 0 Å². The fraction of sp³-hybridized carbons (Fsp3) is 0.167. The first-order chi connectivity index (χ1) is 14.5. The Balaban J connectivity index is 1.48. The molecule has 0 atom stereocenters. The van der Waals surface area contributed by atoms with Crippen LogP contribution >= 0.6 is 27.5 Å². The van der Waals surface area contributed by atoms with Crippen molar-refractivity contribution in [1.29, 1.82) is 0 Å². The van der Waals surface area contributed by atoms with Crippen molar-refractivity contribution in [3.05, 3.63) is 92.9 Å². The van der Waals surface area contributed by atoms with Crippen LogP contribution in [0.1, 0.15) is 27.9 Å². The quantitative estimate of drug-likeness (QED) is 0.504. The lowest BCUT2D eigenvalue weighted by Crippen LogP contribution is -2.35. The monoisotopic (exact) mass is 482 g/mol. The van der Waals surface area contributed by atoms with Crippen molar-refractivity contribution in [3.63, 3.8) is 0 Å². The molecule has 1 heterocycles. The van der Waals surface area contributed by atoms with Crippen LogP contribution in [0.5, 0.6) is 0 Å². The van der Waals surface area contributed by atoms with Crippen LogP contribution in [-0.4, -0.2) is 18.4 Å². The number of halogens is 2. The van der Waals surface area contributed by atoms with Gasteiger partial charge in [-0.25, -0.2) is 0 Å². The summed E-state index contributed by atoms with van der Waals surface area (Å²) in [6, 6.07) is 20.4. The normalized spacial score (nSPS) is 12.9. The van der Waals surface area contributed by atoms with Crippen molar-refractivity contribution >= 4 is 50.7 Å². The molecule has 6 heteroatoms. The minimum Gasteiger partial charge on any atom is -0.326 e. The Morgan fingerprint density at radius 3 is 2.47 bits per heavy atom. The Hall–Kier alpha value is -2.63. The summed E-state index contributed by atoms with van der Waals surface area (Å²) in [5, 5.41) is 3.57. The third kappa shape index (κ3) is 4.74. The van der Waals surface area contributed by atoms with Crippen LogP contribution in [0, 0.1) is 0 Å². The molecule has 4 nitrogen and oxygen atoms in total. The summed E-state index contributed by atoms with van der Waals surface area (Å²) in [6.07, 6.45) is 2.06. The van der Waals surface area contributed by atoms with Gasteiger partial charge in [0.05, 0.1) is 6.42 Å². The van der Waals surface area contributed by atoms with Crippen LogP contribution in [0.4, 0.5) is 11.4 Å². The largest absolute Gasteiger partial charge is 0.326 e. The molecule has 3 aromatic carbocycles. The maximum absolute atomic E-state index is 13.0. The smallest absolute Gasteiger partial charge is 0.258 e. The van der Waals surface area contributed by atoms with Gasteiger partial charge in [-0.1, -0.05) is 39.7 Å². The number of hydrogen-bond acceptors (Lipinski definition) is 2. The minimum atomic E-state index is -0.0674. The lowest BCUT2D eigenvalue weighted by molar-refractivity contribution is -0.115. The fourth-order valence-corrected chi connectivity index (χ4v) is 4.02. The number of rotatable bonds is 4. The number of aryl methyl sites for hydroxylation is 1. The zero-order valence-electron chi connectivity index (χ0n) is 16.2. The Labute approximate surface area is 189 Å². The van der Waals surface area contributed by atoms with Crippen LogP contribution in [0.15, 0.2) is 71.2 Å². The molecule has 0 bridgehead atoms. The van der Waals surface area contributed by atoms with Gasteiger partial charge in [-0.15, -0.1) is 0 Å². The summed E-state index contributed by atoms with van der Waals surface area (Å²) in [5.41, 5.74) is 4.27. The lowest BCUT2D eigenvalue weighted by Gasteiger charge is -2.30. The molecule has 0 aliphatic carbocycles. The molecular formula is C24H20BrClN2O2. The van der Waals surface area contributed by atoms with Gasteiger partial charge in [0, 0.05) is 33.0 Å². The van der Waals surface area contributed by atoms with Crippen molar-refractivity contribution in [2.75, 3.05) is 16.8 Å². The van der Waals surface area contributed by atoms with Crippen molar-refractivity contribution in [2.24, 2.45) is 0 Å². The first kappa shape index (κ1) is 20.6. The molecule has 2 amide bonds. The number of anilines is 2. The summed E-state index contributed by atoms with van der Waals surface area (Å²) in [7, 11) is 0. The lowest BCUT2D eigenvalue weighted by atomic mass is 10.00. The molecule has 1 N–H and O–H groups in total. The average molecular weight is 484 g/mol. The molecule has 4 rings (SSSR count). The second-order valence-electron chi connectivity index (χ2n) is 7.26. The van der Waals surface area contributed by atoms with Gasteiger partial charge in [0.25, 0.3) is 5.91 Å². The molecule has 0 unspecified atom stereocenters. The van der Waals surface area contributed by atoms with Gasteiger partial charge in [0.15, 0.2) is 0 Å². The van der Waals surface area contributed by atoms with Crippen LogP contribution in [0.2, 0.25) is 5.02 Å². The van der Waals surface area contributed by atoms with E-state index in [4.69, 9.17) is 11.6 Å². The number of amides is 2. The third-order valence-corrected chi connectivity index (χ3v) is 5.88. The maximum Gasteiger partial charge on any atom is 0.258 e. The molecular weight excluding hydrogens is 464 g/mol. The Kier molecular flexibility index (Phi) is 6.21. The van der Waals surface area contributed by atoms with Gasteiger partial charge in [-0.3, -0.25) is 9.59 Å². The molecule has 0 aromatic heterocycles. The number of hydrogen-bond donors (Lipinski definition) is 1. The zero-order chi connectivity index (χ0) is 21.1. The van der Waals surface area contributed by atoms with Gasteiger partial charge in [0.2, 0.25) is 5.91 Å². The predicted octanol–water partition coefficient (Wildman–Crippen LogP) is 5.88. The van der Waals surface area contributed by atoms with E-state index in [1.807, 2.05) is 42.5 Å². The summed E-state index contributed by atoms with van der Waals surface area (Å²) in [4.78, 5) is 27.2. The van der Waals surface area contributed by atoms with Crippen molar-refractivity contribution in [1.82, 2.24) is 0 Å². The maximum atomic E-state index is 13.0. The van der Waals surface area contributed by atoms with Gasteiger partial charge >= 0.3 is 0 Å². The van der Waals surface area contributed by atoms with Gasteiger partial charge < -0.3 is 10.2 Å². The van der Waals surface area contributed by atoms with Crippen molar-refractivity contribution in [2.45, 2.75) is 19.3 Å². The van der Waals surface area contributed by atoms with E-state index < -0.39 is 0 Å². The molecule has 30 heavy (non-hydrogen) atoms. The second kappa shape index (κ2) is 9.02. The van der Waals surface area contributed by atoms with Crippen LogP contribution in [-0.2, 0) is 17.6 Å². The molecule has 3 aromatic rings. The van der Waals surface area contributed by atoms with Crippen LogP contribution in [0.3, 0.4) is 0 Å². The summed E-state index contributed by atoms with van der Waals surface area (Å²) in [5.74, 6) is -0.109. The van der Waals surface area contributed by atoms with E-state index in [9.17, 15) is 9.59 Å². The highest BCUT2D eigenvalue weighted by molar-refractivity contribution is 9.10. The molecule has 152 valence electrons. The first-order valence-electron chi connectivity index (χ1n) is 9.74. The number of carbonyl (C=O) groups is 2.